The van der Waals surface area contributed by atoms with Crippen molar-refractivity contribution in [2.24, 2.45) is 0 Å². The Bertz CT molecular complexity index is 567. The highest BCUT2D eigenvalue weighted by molar-refractivity contribution is 5.95. The van der Waals surface area contributed by atoms with Crippen molar-refractivity contribution in [1.29, 1.82) is 0 Å². The van der Waals surface area contributed by atoms with E-state index in [-0.39, 0.29) is 0 Å². The third kappa shape index (κ3) is 1.69. The minimum Gasteiger partial charge on any atom is -0.397 e. The molecule has 0 saturated carbocycles. The van der Waals surface area contributed by atoms with E-state index in [1.54, 1.807) is 0 Å². The Balaban J connectivity index is 2.04. The molecule has 3 rings (SSSR count). The molecule has 1 aromatic carbocycles. The summed E-state index contributed by atoms with van der Waals surface area (Å²) in [6, 6.07) is 4.31. The first-order chi connectivity index (χ1) is 8.66. The molecule has 0 aliphatic carbocycles. The summed E-state index contributed by atoms with van der Waals surface area (Å²) in [5.74, 6) is 0. The molecule has 0 radical (unpaired) electrons. The Morgan fingerprint density at radius 1 is 1.28 bits per heavy atom. The van der Waals surface area contributed by atoms with Crippen LogP contribution in [0.3, 0.4) is 0 Å². The Hall–Kier alpha value is -1.82. The highest BCUT2D eigenvalue weighted by Gasteiger charge is 2.24. The van der Waals surface area contributed by atoms with Crippen molar-refractivity contribution < 1.29 is 4.63 Å². The van der Waals surface area contributed by atoms with Gasteiger partial charge >= 0.3 is 0 Å². The fraction of sp³-hybridized carbons (Fsp3) is 0.500. The summed E-state index contributed by atoms with van der Waals surface area (Å²) in [5.41, 5.74) is 8.94. The molecule has 1 aliphatic rings. The van der Waals surface area contributed by atoms with E-state index < -0.39 is 0 Å². The van der Waals surface area contributed by atoms with Crippen LogP contribution in [0.2, 0.25) is 0 Å². The van der Waals surface area contributed by atoms with Crippen LogP contribution in [0.15, 0.2) is 16.8 Å². The predicted octanol–water partition coefficient (Wildman–Crippen LogP) is 0.945. The minimum atomic E-state index is 0.437. The molecule has 1 unspecified atom stereocenters. The molecule has 0 bridgehead atoms. The number of nitrogens with zero attached hydrogens (tertiary/aromatic N) is 4. The molecule has 6 heteroatoms. The smallest absolute Gasteiger partial charge is 0.160 e. The summed E-state index contributed by atoms with van der Waals surface area (Å²) < 4.78 is 4.82. The van der Waals surface area contributed by atoms with Crippen molar-refractivity contribution in [1.82, 2.24) is 15.2 Å². The van der Waals surface area contributed by atoms with Gasteiger partial charge in [-0.3, -0.25) is 0 Å². The summed E-state index contributed by atoms with van der Waals surface area (Å²) in [6.07, 6.45) is 0. The van der Waals surface area contributed by atoms with Crippen LogP contribution in [0.25, 0.3) is 11.0 Å². The summed E-state index contributed by atoms with van der Waals surface area (Å²) in [6.45, 7) is 5.27. The van der Waals surface area contributed by atoms with Gasteiger partial charge in [0.05, 0.1) is 11.4 Å². The first-order valence-electron chi connectivity index (χ1n) is 6.13. The summed E-state index contributed by atoms with van der Waals surface area (Å²) in [5, 5.41) is 7.85. The van der Waals surface area contributed by atoms with E-state index in [0.717, 1.165) is 30.8 Å². The highest BCUT2D eigenvalue weighted by atomic mass is 16.6. The topological polar surface area (TPSA) is 71.4 Å². The Kier molecular flexibility index (Phi) is 2.59. The second kappa shape index (κ2) is 4.13. The third-order valence-corrected chi connectivity index (χ3v) is 3.57. The normalized spacial score (nSPS) is 21.7. The van der Waals surface area contributed by atoms with Gasteiger partial charge in [-0.1, -0.05) is 0 Å². The van der Waals surface area contributed by atoms with Crippen LogP contribution >= 0.6 is 0 Å². The summed E-state index contributed by atoms with van der Waals surface area (Å²) in [4.78, 5) is 4.67. The van der Waals surface area contributed by atoms with E-state index in [9.17, 15) is 0 Å². The lowest BCUT2D eigenvalue weighted by molar-refractivity contribution is 0.275. The zero-order valence-electron chi connectivity index (χ0n) is 10.6. The zero-order chi connectivity index (χ0) is 12.7. The average molecular weight is 247 g/mol. The van der Waals surface area contributed by atoms with Gasteiger partial charge in [0.25, 0.3) is 0 Å². The number of likely N-dealkylation sites (N-methyl/N-ethyl adjacent to an activating group) is 1. The van der Waals surface area contributed by atoms with Gasteiger partial charge in [-0.15, -0.1) is 0 Å². The second-order valence-electron chi connectivity index (χ2n) is 4.94. The van der Waals surface area contributed by atoms with Gasteiger partial charge in [0.2, 0.25) is 0 Å². The molecular weight excluding hydrogens is 230 g/mol. The molecule has 0 spiro atoms. The molecule has 1 aromatic heterocycles. The van der Waals surface area contributed by atoms with Crippen molar-refractivity contribution in [3.8, 4) is 0 Å². The first-order valence-corrected chi connectivity index (χ1v) is 6.13. The van der Waals surface area contributed by atoms with Crippen molar-refractivity contribution in [3.05, 3.63) is 12.1 Å². The predicted molar refractivity (Wildman–Crippen MR) is 70.5 cm³/mol. The van der Waals surface area contributed by atoms with Crippen LogP contribution in [0.1, 0.15) is 6.92 Å². The molecule has 6 nitrogen and oxygen atoms in total. The number of piperazine rings is 1. The first kappa shape index (κ1) is 11.3. The lowest BCUT2D eigenvalue weighted by atomic mass is 10.1. The average Bonchev–Trinajstić information content (AvgIpc) is 2.81. The zero-order valence-corrected chi connectivity index (χ0v) is 10.6. The molecule has 1 fully saturated rings. The quantitative estimate of drug-likeness (QED) is 0.756. The number of benzene rings is 1. The molecule has 2 aromatic rings. The fourth-order valence-electron chi connectivity index (χ4n) is 2.60. The lowest BCUT2D eigenvalue weighted by Crippen LogP contribution is -2.50. The van der Waals surface area contributed by atoms with E-state index >= 15 is 0 Å². The van der Waals surface area contributed by atoms with Crippen LogP contribution in [0, 0.1) is 0 Å². The van der Waals surface area contributed by atoms with Gasteiger partial charge in [-0.2, -0.15) is 0 Å². The maximum absolute atomic E-state index is 5.87. The number of rotatable bonds is 1. The number of nitrogen functional groups attached to an aromatic ring is 1. The molecule has 2 N–H and O–H groups in total. The molecule has 2 heterocycles. The molecule has 0 amide bonds. The van der Waals surface area contributed by atoms with Crippen molar-refractivity contribution in [2.75, 3.05) is 37.3 Å². The number of hydrogen-bond acceptors (Lipinski definition) is 6. The van der Waals surface area contributed by atoms with Crippen LogP contribution in [-0.4, -0.2) is 47.9 Å². The van der Waals surface area contributed by atoms with E-state index in [0.29, 0.717) is 17.2 Å². The van der Waals surface area contributed by atoms with Crippen LogP contribution < -0.4 is 10.6 Å². The van der Waals surface area contributed by atoms with Gasteiger partial charge < -0.3 is 15.5 Å². The van der Waals surface area contributed by atoms with E-state index in [1.807, 2.05) is 12.1 Å². The van der Waals surface area contributed by atoms with E-state index in [2.05, 4.69) is 34.1 Å². The molecule has 1 saturated heterocycles. The van der Waals surface area contributed by atoms with Crippen LogP contribution in [0.4, 0.5) is 11.4 Å². The van der Waals surface area contributed by atoms with Crippen molar-refractivity contribution in [3.63, 3.8) is 0 Å². The van der Waals surface area contributed by atoms with Crippen molar-refractivity contribution in [2.45, 2.75) is 13.0 Å². The third-order valence-electron chi connectivity index (χ3n) is 3.57. The minimum absolute atomic E-state index is 0.437. The van der Waals surface area contributed by atoms with Gasteiger partial charge in [-0.25, -0.2) is 4.63 Å². The monoisotopic (exact) mass is 247 g/mol. The Labute approximate surface area is 105 Å². The SMILES string of the molecule is CC1CN(C)CCN1c1ccc(N)c2nonc12. The summed E-state index contributed by atoms with van der Waals surface area (Å²) >= 11 is 0. The fourth-order valence-corrected chi connectivity index (χ4v) is 2.60. The lowest BCUT2D eigenvalue weighted by Gasteiger charge is -2.39. The van der Waals surface area contributed by atoms with Gasteiger partial charge in [0.1, 0.15) is 0 Å². The Morgan fingerprint density at radius 2 is 2.06 bits per heavy atom. The van der Waals surface area contributed by atoms with Crippen LogP contribution in [-0.2, 0) is 0 Å². The molecule has 1 atom stereocenters. The second-order valence-corrected chi connectivity index (χ2v) is 4.94. The molecule has 96 valence electrons. The number of hydrogen-bond donors (Lipinski definition) is 1. The molecule has 1 aliphatic heterocycles. The van der Waals surface area contributed by atoms with E-state index in [4.69, 9.17) is 10.4 Å². The van der Waals surface area contributed by atoms with Gasteiger partial charge in [-0.05, 0) is 36.4 Å². The number of aromatic nitrogens is 2. The maximum Gasteiger partial charge on any atom is 0.160 e. The Morgan fingerprint density at radius 3 is 2.83 bits per heavy atom. The largest absolute Gasteiger partial charge is 0.397 e. The summed E-state index contributed by atoms with van der Waals surface area (Å²) in [7, 11) is 2.14. The van der Waals surface area contributed by atoms with Gasteiger partial charge in [0.15, 0.2) is 11.0 Å². The standard InChI is InChI=1S/C12H17N5O/c1-8-7-16(2)5-6-17(8)10-4-3-9(13)11-12(10)15-18-14-11/h3-4,8H,5-7,13H2,1-2H3. The highest BCUT2D eigenvalue weighted by Crippen LogP contribution is 2.30. The number of fused-ring (bicyclic) bond motifs is 1. The van der Waals surface area contributed by atoms with Gasteiger partial charge in [0, 0.05) is 25.7 Å². The number of anilines is 2. The maximum atomic E-state index is 5.87. The number of nitrogens with two attached hydrogens (primary N) is 1. The van der Waals surface area contributed by atoms with Crippen LogP contribution in [0.5, 0.6) is 0 Å². The molecular formula is C12H17N5O. The van der Waals surface area contributed by atoms with E-state index in [1.165, 1.54) is 0 Å². The molecule has 18 heavy (non-hydrogen) atoms. The van der Waals surface area contributed by atoms with Crippen molar-refractivity contribution >= 4 is 22.4 Å².